The molecule has 1 amide bonds. The van der Waals surface area contributed by atoms with Gasteiger partial charge in [-0.05, 0) is 24.3 Å². The number of nitrogens with zero attached hydrogens (tertiary/aromatic N) is 3. The zero-order chi connectivity index (χ0) is 16.4. The van der Waals surface area contributed by atoms with Gasteiger partial charge in [0.25, 0.3) is 5.91 Å². The zero-order valence-corrected chi connectivity index (χ0v) is 13.3. The number of fused-ring (bicyclic) bond motifs is 1. The van der Waals surface area contributed by atoms with E-state index < -0.39 is 0 Å². The lowest BCUT2D eigenvalue weighted by Gasteiger charge is -2.06. The lowest BCUT2D eigenvalue weighted by atomic mass is 10.2. The molecule has 0 aliphatic rings. The van der Waals surface area contributed by atoms with Crippen molar-refractivity contribution < 1.29 is 4.79 Å². The molecule has 0 radical (unpaired) electrons. The predicted molar refractivity (Wildman–Crippen MR) is 95.0 cm³/mol. The zero-order valence-electron chi connectivity index (χ0n) is 12.5. The van der Waals surface area contributed by atoms with Crippen molar-refractivity contribution in [2.75, 3.05) is 5.32 Å². The van der Waals surface area contributed by atoms with Crippen molar-refractivity contribution in [3.63, 3.8) is 0 Å². The van der Waals surface area contributed by atoms with E-state index >= 15 is 0 Å². The van der Waals surface area contributed by atoms with Gasteiger partial charge in [0, 0.05) is 34.9 Å². The van der Waals surface area contributed by atoms with E-state index in [1.165, 1.54) is 11.3 Å². The number of aromatic nitrogens is 3. The van der Waals surface area contributed by atoms with Crippen LogP contribution in [0.1, 0.15) is 10.5 Å². The van der Waals surface area contributed by atoms with Crippen molar-refractivity contribution in [3.8, 4) is 10.6 Å². The number of para-hydroxylation sites is 1. The number of rotatable bonds is 3. The molecular formula is C18H12N4OS. The van der Waals surface area contributed by atoms with Crippen molar-refractivity contribution in [1.29, 1.82) is 0 Å². The summed E-state index contributed by atoms with van der Waals surface area (Å²) in [5, 5.41) is 6.38. The third-order valence-electron chi connectivity index (χ3n) is 3.53. The van der Waals surface area contributed by atoms with Crippen molar-refractivity contribution in [2.24, 2.45) is 0 Å². The van der Waals surface area contributed by atoms with Gasteiger partial charge < -0.3 is 5.32 Å². The molecule has 0 bridgehead atoms. The summed E-state index contributed by atoms with van der Waals surface area (Å²) in [6.07, 6.45) is 5.15. The number of amides is 1. The number of hydrogen-bond acceptors (Lipinski definition) is 5. The van der Waals surface area contributed by atoms with E-state index in [1.807, 2.05) is 42.5 Å². The van der Waals surface area contributed by atoms with Crippen LogP contribution < -0.4 is 5.32 Å². The van der Waals surface area contributed by atoms with Crippen molar-refractivity contribution in [3.05, 3.63) is 72.1 Å². The molecule has 5 nitrogen and oxygen atoms in total. The third-order valence-corrected chi connectivity index (χ3v) is 4.42. The van der Waals surface area contributed by atoms with Gasteiger partial charge in [-0.15, -0.1) is 11.3 Å². The van der Waals surface area contributed by atoms with Crippen LogP contribution in [0.4, 0.5) is 5.69 Å². The predicted octanol–water partition coefficient (Wildman–Crippen LogP) is 4.01. The first-order valence-corrected chi connectivity index (χ1v) is 8.20. The Balaban J connectivity index is 1.62. The fourth-order valence-corrected chi connectivity index (χ4v) is 3.18. The molecule has 0 aliphatic carbocycles. The Hall–Kier alpha value is -3.12. The van der Waals surface area contributed by atoms with Crippen LogP contribution >= 0.6 is 11.3 Å². The molecule has 0 spiro atoms. The summed E-state index contributed by atoms with van der Waals surface area (Å²) < 4.78 is 0. The summed E-state index contributed by atoms with van der Waals surface area (Å²) in [6.45, 7) is 0. The summed E-state index contributed by atoms with van der Waals surface area (Å²) in [7, 11) is 0. The van der Waals surface area contributed by atoms with Gasteiger partial charge in [-0.3, -0.25) is 14.8 Å². The van der Waals surface area contributed by atoms with Gasteiger partial charge in [-0.2, -0.15) is 0 Å². The molecule has 1 aromatic carbocycles. The van der Waals surface area contributed by atoms with Crippen LogP contribution in [0, 0.1) is 0 Å². The van der Waals surface area contributed by atoms with Crippen LogP contribution in [-0.2, 0) is 0 Å². The maximum atomic E-state index is 12.5. The molecule has 0 atom stereocenters. The molecule has 0 saturated carbocycles. The van der Waals surface area contributed by atoms with Crippen LogP contribution in [-0.4, -0.2) is 20.9 Å². The average Bonchev–Trinajstić information content (AvgIpc) is 3.13. The van der Waals surface area contributed by atoms with Crippen LogP contribution in [0.5, 0.6) is 0 Å². The third kappa shape index (κ3) is 2.75. The smallest absolute Gasteiger partial charge is 0.275 e. The molecule has 0 saturated heterocycles. The Morgan fingerprint density at radius 1 is 1.04 bits per heavy atom. The average molecular weight is 332 g/mol. The van der Waals surface area contributed by atoms with E-state index in [9.17, 15) is 4.79 Å². The van der Waals surface area contributed by atoms with Gasteiger partial charge in [0.15, 0.2) is 0 Å². The summed E-state index contributed by atoms with van der Waals surface area (Å²) in [5.74, 6) is -0.250. The van der Waals surface area contributed by atoms with E-state index in [0.29, 0.717) is 11.4 Å². The van der Waals surface area contributed by atoms with Gasteiger partial charge in [0.05, 0.1) is 11.2 Å². The SMILES string of the molecule is O=C(Nc1cccc2cccnc12)c1csc(-c2cccnc2)n1. The number of carbonyl (C=O) groups is 1. The fourth-order valence-electron chi connectivity index (χ4n) is 2.39. The number of pyridine rings is 2. The van der Waals surface area contributed by atoms with Crippen molar-refractivity contribution >= 4 is 33.8 Å². The normalized spacial score (nSPS) is 10.7. The summed E-state index contributed by atoms with van der Waals surface area (Å²) in [5.41, 5.74) is 2.71. The van der Waals surface area contributed by atoms with Crippen molar-refractivity contribution in [1.82, 2.24) is 15.0 Å². The second-order valence-electron chi connectivity index (χ2n) is 5.11. The molecule has 0 fully saturated rings. The monoisotopic (exact) mass is 332 g/mol. The molecule has 0 unspecified atom stereocenters. The molecule has 0 aliphatic heterocycles. The minimum Gasteiger partial charge on any atom is -0.319 e. The Kier molecular flexibility index (Phi) is 3.72. The second kappa shape index (κ2) is 6.17. The topological polar surface area (TPSA) is 67.8 Å². The van der Waals surface area contributed by atoms with Crippen LogP contribution in [0.2, 0.25) is 0 Å². The van der Waals surface area contributed by atoms with Gasteiger partial charge in [0.1, 0.15) is 10.7 Å². The Morgan fingerprint density at radius 2 is 1.92 bits per heavy atom. The van der Waals surface area contributed by atoms with Crippen LogP contribution in [0.25, 0.3) is 21.5 Å². The highest BCUT2D eigenvalue weighted by Gasteiger charge is 2.13. The van der Waals surface area contributed by atoms with Crippen LogP contribution in [0.3, 0.4) is 0 Å². The van der Waals surface area contributed by atoms with E-state index in [-0.39, 0.29) is 5.91 Å². The summed E-state index contributed by atoms with van der Waals surface area (Å²) >= 11 is 1.42. The van der Waals surface area contributed by atoms with E-state index in [0.717, 1.165) is 21.5 Å². The molecule has 116 valence electrons. The standard InChI is InChI=1S/C18H12N4OS/c23-17(15-11-24-18(22-15)13-6-2-8-19-10-13)21-14-7-1-4-12-5-3-9-20-16(12)14/h1-11H,(H,21,23). The highest BCUT2D eigenvalue weighted by atomic mass is 32.1. The summed E-state index contributed by atoms with van der Waals surface area (Å²) in [4.78, 5) is 25.3. The number of carbonyl (C=O) groups excluding carboxylic acids is 1. The van der Waals surface area contributed by atoms with E-state index in [1.54, 1.807) is 24.0 Å². The first-order valence-electron chi connectivity index (χ1n) is 7.32. The van der Waals surface area contributed by atoms with Gasteiger partial charge in [-0.1, -0.05) is 18.2 Å². The van der Waals surface area contributed by atoms with Gasteiger partial charge in [-0.25, -0.2) is 4.98 Å². The van der Waals surface area contributed by atoms with Gasteiger partial charge >= 0.3 is 0 Å². The number of thiazole rings is 1. The lowest BCUT2D eigenvalue weighted by molar-refractivity contribution is 0.102. The highest BCUT2D eigenvalue weighted by Crippen LogP contribution is 2.24. The highest BCUT2D eigenvalue weighted by molar-refractivity contribution is 7.13. The quantitative estimate of drug-likeness (QED) is 0.615. The Bertz CT molecular complexity index is 1010. The molecule has 1 N–H and O–H groups in total. The van der Waals surface area contributed by atoms with E-state index in [2.05, 4.69) is 20.3 Å². The minimum atomic E-state index is -0.250. The first kappa shape index (κ1) is 14.5. The molecule has 24 heavy (non-hydrogen) atoms. The van der Waals surface area contributed by atoms with Crippen molar-refractivity contribution in [2.45, 2.75) is 0 Å². The molecule has 6 heteroatoms. The minimum absolute atomic E-state index is 0.250. The summed E-state index contributed by atoms with van der Waals surface area (Å²) in [6, 6.07) is 13.3. The fraction of sp³-hybridized carbons (Fsp3) is 0. The Labute approximate surface area is 142 Å². The molecule has 3 aromatic heterocycles. The largest absolute Gasteiger partial charge is 0.319 e. The number of nitrogens with one attached hydrogen (secondary N) is 1. The Morgan fingerprint density at radius 3 is 2.79 bits per heavy atom. The first-order chi connectivity index (χ1) is 11.8. The lowest BCUT2D eigenvalue weighted by Crippen LogP contribution is -2.12. The number of benzene rings is 1. The molecule has 4 rings (SSSR count). The maximum Gasteiger partial charge on any atom is 0.275 e. The van der Waals surface area contributed by atoms with E-state index in [4.69, 9.17) is 0 Å². The van der Waals surface area contributed by atoms with Gasteiger partial charge in [0.2, 0.25) is 0 Å². The second-order valence-corrected chi connectivity index (χ2v) is 5.97. The molecular weight excluding hydrogens is 320 g/mol. The van der Waals surface area contributed by atoms with Crippen LogP contribution in [0.15, 0.2) is 66.4 Å². The maximum absolute atomic E-state index is 12.5. The molecule has 3 heterocycles. The number of anilines is 1. The number of hydrogen-bond donors (Lipinski definition) is 1. The molecule has 4 aromatic rings.